The fourth-order valence-electron chi connectivity index (χ4n) is 7.34. The van der Waals surface area contributed by atoms with E-state index in [0.717, 1.165) is 42.9 Å². The van der Waals surface area contributed by atoms with Crippen LogP contribution in [0.1, 0.15) is 55.6 Å². The van der Waals surface area contributed by atoms with Crippen LogP contribution in [0, 0.1) is 5.41 Å². The summed E-state index contributed by atoms with van der Waals surface area (Å²) in [5.74, 6) is 0.139. The summed E-state index contributed by atoms with van der Waals surface area (Å²) in [5.41, 5.74) is 1.66. The fraction of sp³-hybridized carbons (Fsp3) is 0.414. The number of fused-ring (bicyclic) bond motifs is 2. The average Bonchev–Trinajstić information content (AvgIpc) is 3.16. The molecule has 1 aliphatic carbocycles. The van der Waals surface area contributed by atoms with Gasteiger partial charge >= 0.3 is 0 Å². The van der Waals surface area contributed by atoms with Crippen LogP contribution < -0.4 is 0 Å². The highest BCUT2D eigenvalue weighted by Crippen LogP contribution is 2.56. The van der Waals surface area contributed by atoms with Crippen LogP contribution in [0.2, 0.25) is 0 Å². The van der Waals surface area contributed by atoms with Crippen LogP contribution in [0.25, 0.3) is 10.8 Å². The van der Waals surface area contributed by atoms with Crippen molar-refractivity contribution < 1.29 is 9.59 Å². The van der Waals surface area contributed by atoms with Crippen molar-refractivity contribution in [3.63, 3.8) is 0 Å². The molecule has 3 aromatic rings. The Morgan fingerprint density at radius 1 is 0.971 bits per heavy atom. The molecule has 3 fully saturated rings. The molecule has 6 rings (SSSR count). The van der Waals surface area contributed by atoms with Crippen LogP contribution in [-0.4, -0.2) is 50.8 Å². The number of benzene rings is 2. The topological polar surface area (TPSA) is 53.5 Å². The quantitative estimate of drug-likeness (QED) is 0.570. The molecule has 2 saturated heterocycles. The Morgan fingerprint density at radius 3 is 2.44 bits per heavy atom. The Labute approximate surface area is 200 Å². The molecule has 2 aromatic carbocycles. The normalized spacial score (nSPS) is 29.9. The van der Waals surface area contributed by atoms with E-state index in [9.17, 15) is 9.59 Å². The van der Waals surface area contributed by atoms with Crippen molar-refractivity contribution in [3.8, 4) is 0 Å². The molecule has 0 unspecified atom stereocenters. The average molecular weight is 454 g/mol. The number of likely N-dealkylation sites (tertiary alicyclic amines) is 2. The summed E-state index contributed by atoms with van der Waals surface area (Å²) in [5, 5.41) is 1.93. The van der Waals surface area contributed by atoms with Gasteiger partial charge in [0.2, 0.25) is 5.91 Å². The van der Waals surface area contributed by atoms with E-state index in [0.29, 0.717) is 5.69 Å². The van der Waals surface area contributed by atoms with Gasteiger partial charge < -0.3 is 9.80 Å². The number of pyridine rings is 1. The van der Waals surface area contributed by atoms with Crippen molar-refractivity contribution in [1.82, 2.24) is 14.8 Å². The Kier molecular flexibility index (Phi) is 4.98. The minimum atomic E-state index is -0.0813. The first kappa shape index (κ1) is 21.3. The van der Waals surface area contributed by atoms with E-state index >= 15 is 0 Å². The first-order valence-corrected chi connectivity index (χ1v) is 12.5. The van der Waals surface area contributed by atoms with Gasteiger partial charge in [-0.1, -0.05) is 61.5 Å². The van der Waals surface area contributed by atoms with Gasteiger partial charge in [0.1, 0.15) is 5.69 Å². The molecule has 3 aliphatic rings. The van der Waals surface area contributed by atoms with E-state index in [4.69, 9.17) is 0 Å². The van der Waals surface area contributed by atoms with E-state index in [1.54, 1.807) is 13.1 Å². The number of carbonyl (C=O) groups is 2. The van der Waals surface area contributed by atoms with E-state index in [2.05, 4.69) is 46.0 Å². The van der Waals surface area contributed by atoms with Gasteiger partial charge in [0.05, 0.1) is 12.1 Å². The molecule has 0 spiro atoms. The minimum absolute atomic E-state index is 0.0123. The van der Waals surface area contributed by atoms with Crippen molar-refractivity contribution in [2.24, 2.45) is 5.41 Å². The number of hydrogen-bond donors (Lipinski definition) is 0. The highest BCUT2D eigenvalue weighted by molar-refractivity contribution is 6.05. The molecule has 2 aliphatic heterocycles. The predicted octanol–water partition coefficient (Wildman–Crippen LogP) is 4.85. The lowest BCUT2D eigenvalue weighted by Crippen LogP contribution is -2.62. The van der Waals surface area contributed by atoms with Gasteiger partial charge in [-0.15, -0.1) is 0 Å². The molecule has 0 radical (unpaired) electrons. The van der Waals surface area contributed by atoms with Crippen LogP contribution in [0.5, 0.6) is 0 Å². The summed E-state index contributed by atoms with van der Waals surface area (Å²) >= 11 is 0. The Balaban J connectivity index is 1.47. The van der Waals surface area contributed by atoms with Crippen LogP contribution in [0.15, 0.2) is 66.9 Å². The second kappa shape index (κ2) is 7.93. The van der Waals surface area contributed by atoms with Crippen LogP contribution >= 0.6 is 0 Å². The zero-order chi connectivity index (χ0) is 23.4. The van der Waals surface area contributed by atoms with Crippen LogP contribution in [-0.2, 0) is 11.2 Å². The monoisotopic (exact) mass is 453 g/mol. The molecule has 0 N–H and O–H groups in total. The summed E-state index contributed by atoms with van der Waals surface area (Å²) in [4.78, 5) is 36.3. The van der Waals surface area contributed by atoms with Gasteiger partial charge in [0.25, 0.3) is 5.91 Å². The molecule has 3 heterocycles. The number of piperidine rings is 1. The van der Waals surface area contributed by atoms with Crippen molar-refractivity contribution in [1.29, 1.82) is 0 Å². The molecule has 5 atom stereocenters. The van der Waals surface area contributed by atoms with E-state index in [-0.39, 0.29) is 41.4 Å². The second-order valence-corrected chi connectivity index (χ2v) is 10.5. The van der Waals surface area contributed by atoms with Gasteiger partial charge in [0.15, 0.2) is 0 Å². The molecule has 2 amide bonds. The summed E-state index contributed by atoms with van der Waals surface area (Å²) in [6.07, 6.45) is 6.49. The van der Waals surface area contributed by atoms with Gasteiger partial charge in [-0.2, -0.15) is 0 Å². The first-order valence-electron chi connectivity index (χ1n) is 12.5. The van der Waals surface area contributed by atoms with Crippen molar-refractivity contribution in [2.75, 3.05) is 0 Å². The van der Waals surface area contributed by atoms with Crippen molar-refractivity contribution in [3.05, 3.63) is 78.1 Å². The maximum Gasteiger partial charge on any atom is 0.273 e. The number of nitrogens with zero attached hydrogens (tertiary/aromatic N) is 3. The molecule has 5 heteroatoms. The molecule has 2 bridgehead atoms. The fourth-order valence-corrected chi connectivity index (χ4v) is 7.34. The SMILES string of the molecule is CC(=O)N1[C@H](Cc2ccccc2)[C@@H]2C[C@@]3(C)[C@H](CCC[C@@H]13)N2C(=O)c1nccc2ccccc12. The molecule has 5 nitrogen and oxygen atoms in total. The molecular weight excluding hydrogens is 422 g/mol. The largest absolute Gasteiger partial charge is 0.334 e. The summed E-state index contributed by atoms with van der Waals surface area (Å²) in [7, 11) is 0. The third-order valence-corrected chi connectivity index (χ3v) is 8.72. The highest BCUT2D eigenvalue weighted by atomic mass is 16.2. The molecule has 1 aromatic heterocycles. The number of carbonyl (C=O) groups excluding carboxylic acids is 2. The lowest BCUT2D eigenvalue weighted by atomic mass is 9.64. The zero-order valence-electron chi connectivity index (χ0n) is 19.9. The molecule has 34 heavy (non-hydrogen) atoms. The van der Waals surface area contributed by atoms with E-state index in [1.807, 2.05) is 36.4 Å². The Morgan fingerprint density at radius 2 is 1.68 bits per heavy atom. The lowest BCUT2D eigenvalue weighted by molar-refractivity contribution is -0.142. The zero-order valence-corrected chi connectivity index (χ0v) is 19.9. The van der Waals surface area contributed by atoms with Crippen LogP contribution in [0.3, 0.4) is 0 Å². The number of rotatable bonds is 3. The number of aromatic nitrogens is 1. The lowest BCUT2D eigenvalue weighted by Gasteiger charge is -2.52. The molecular formula is C29H31N3O2. The van der Waals surface area contributed by atoms with Gasteiger partial charge in [-0.05, 0) is 49.1 Å². The smallest absolute Gasteiger partial charge is 0.273 e. The van der Waals surface area contributed by atoms with Crippen LogP contribution in [0.4, 0.5) is 0 Å². The Hall–Kier alpha value is -3.21. The van der Waals surface area contributed by atoms with E-state index in [1.165, 1.54) is 5.56 Å². The molecule has 1 saturated carbocycles. The van der Waals surface area contributed by atoms with Crippen molar-refractivity contribution in [2.45, 2.75) is 70.1 Å². The highest BCUT2D eigenvalue weighted by Gasteiger charge is 2.64. The van der Waals surface area contributed by atoms with Gasteiger partial charge in [-0.25, -0.2) is 0 Å². The summed E-state index contributed by atoms with van der Waals surface area (Å²) in [6.45, 7) is 4.02. The molecule has 174 valence electrons. The maximum absolute atomic E-state index is 14.3. The van der Waals surface area contributed by atoms with Gasteiger partial charge in [-0.3, -0.25) is 14.6 Å². The third-order valence-electron chi connectivity index (χ3n) is 8.72. The summed E-state index contributed by atoms with van der Waals surface area (Å²) < 4.78 is 0. The minimum Gasteiger partial charge on any atom is -0.334 e. The predicted molar refractivity (Wildman–Crippen MR) is 132 cm³/mol. The van der Waals surface area contributed by atoms with Crippen molar-refractivity contribution >= 4 is 22.6 Å². The summed E-state index contributed by atoms with van der Waals surface area (Å²) in [6, 6.07) is 20.6. The van der Waals surface area contributed by atoms with Gasteiger partial charge in [0, 0.05) is 36.0 Å². The third kappa shape index (κ3) is 3.09. The van der Waals surface area contributed by atoms with E-state index < -0.39 is 0 Å². The number of amides is 2. The Bertz CT molecular complexity index is 1250. The number of hydrogen-bond acceptors (Lipinski definition) is 3. The second-order valence-electron chi connectivity index (χ2n) is 10.5. The standard InChI is InChI=1S/C29H31N3O2/c1-19(33)31-23(17-20-9-4-3-5-10-20)24-18-29(2)25(31)13-8-14-26(29)32(24)28(34)27-22-12-7-6-11-21(22)15-16-30-27/h3-7,9-12,15-16,23-26H,8,13-14,17-18H2,1-2H3/t23-,24+,25-,26+,29-/m1/s1. The first-order chi connectivity index (χ1) is 16.5. The maximum atomic E-state index is 14.3.